The van der Waals surface area contributed by atoms with Gasteiger partial charge in [0.15, 0.2) is 0 Å². The van der Waals surface area contributed by atoms with Gasteiger partial charge in [0.1, 0.15) is 0 Å². The van der Waals surface area contributed by atoms with E-state index in [9.17, 15) is 0 Å². The second kappa shape index (κ2) is 3.39. The monoisotopic (exact) mass is 196 g/mol. The average Bonchev–Trinajstić information content (AvgIpc) is 2.58. The SMILES string of the molecule is CCC1(CC)CNC1c1cncs1. The van der Waals surface area contributed by atoms with Gasteiger partial charge in [-0.25, -0.2) is 0 Å². The molecule has 1 saturated heterocycles. The maximum Gasteiger partial charge on any atom is 0.0794 e. The van der Waals surface area contributed by atoms with Gasteiger partial charge in [-0.3, -0.25) is 4.98 Å². The lowest BCUT2D eigenvalue weighted by molar-refractivity contribution is 0.0731. The molecule has 0 amide bonds. The molecular formula is C10H16N2S. The summed E-state index contributed by atoms with van der Waals surface area (Å²) in [6.45, 7) is 5.75. The molecular weight excluding hydrogens is 180 g/mol. The van der Waals surface area contributed by atoms with Gasteiger partial charge >= 0.3 is 0 Å². The molecule has 0 aliphatic carbocycles. The van der Waals surface area contributed by atoms with Gasteiger partial charge in [-0.15, -0.1) is 11.3 Å². The van der Waals surface area contributed by atoms with Gasteiger partial charge in [-0.1, -0.05) is 13.8 Å². The zero-order valence-corrected chi connectivity index (χ0v) is 9.03. The van der Waals surface area contributed by atoms with Crippen LogP contribution in [0.3, 0.4) is 0 Å². The molecule has 0 bridgehead atoms. The first-order valence-electron chi connectivity index (χ1n) is 4.94. The van der Waals surface area contributed by atoms with Crippen LogP contribution in [0.25, 0.3) is 0 Å². The minimum Gasteiger partial charge on any atom is -0.308 e. The molecule has 0 aromatic carbocycles. The molecule has 1 N–H and O–H groups in total. The average molecular weight is 196 g/mol. The lowest BCUT2D eigenvalue weighted by Gasteiger charge is -2.49. The first-order valence-corrected chi connectivity index (χ1v) is 5.82. The molecule has 1 unspecified atom stereocenters. The highest BCUT2D eigenvalue weighted by Crippen LogP contribution is 2.47. The highest BCUT2D eigenvalue weighted by atomic mass is 32.1. The standard InChI is InChI=1S/C10H16N2S/c1-3-10(4-2)6-12-9(10)8-5-11-7-13-8/h5,7,9,12H,3-4,6H2,1-2H3. The first-order chi connectivity index (χ1) is 6.32. The second-order valence-electron chi connectivity index (χ2n) is 3.79. The van der Waals surface area contributed by atoms with Gasteiger partial charge in [-0.05, 0) is 12.8 Å². The molecule has 0 spiro atoms. The minimum absolute atomic E-state index is 0.506. The van der Waals surface area contributed by atoms with Crippen LogP contribution in [-0.2, 0) is 0 Å². The van der Waals surface area contributed by atoms with Gasteiger partial charge in [0.2, 0.25) is 0 Å². The Morgan fingerprint density at radius 2 is 2.38 bits per heavy atom. The normalized spacial score (nSPS) is 25.5. The molecule has 72 valence electrons. The van der Waals surface area contributed by atoms with E-state index in [1.807, 2.05) is 11.7 Å². The van der Waals surface area contributed by atoms with E-state index in [1.54, 1.807) is 11.3 Å². The Labute approximate surface area is 83.4 Å². The predicted molar refractivity (Wildman–Crippen MR) is 55.9 cm³/mol. The van der Waals surface area contributed by atoms with Gasteiger partial charge in [-0.2, -0.15) is 0 Å². The van der Waals surface area contributed by atoms with Crippen LogP contribution in [0.15, 0.2) is 11.7 Å². The van der Waals surface area contributed by atoms with Gasteiger partial charge in [0.05, 0.1) is 5.51 Å². The maximum atomic E-state index is 4.14. The molecule has 0 radical (unpaired) electrons. The molecule has 1 aromatic heterocycles. The number of rotatable bonds is 3. The number of nitrogens with zero attached hydrogens (tertiary/aromatic N) is 1. The van der Waals surface area contributed by atoms with E-state index in [-0.39, 0.29) is 0 Å². The van der Waals surface area contributed by atoms with Crippen LogP contribution >= 0.6 is 11.3 Å². The molecule has 2 nitrogen and oxygen atoms in total. The molecule has 1 aromatic rings. The highest BCUT2D eigenvalue weighted by Gasteiger charge is 2.44. The molecule has 2 rings (SSSR count). The number of hydrogen-bond donors (Lipinski definition) is 1. The summed E-state index contributed by atoms with van der Waals surface area (Å²) in [7, 11) is 0. The van der Waals surface area contributed by atoms with Crippen LogP contribution in [0.1, 0.15) is 37.6 Å². The Hall–Kier alpha value is -0.410. The Kier molecular flexibility index (Phi) is 2.39. The summed E-state index contributed by atoms with van der Waals surface area (Å²) in [6.07, 6.45) is 4.53. The van der Waals surface area contributed by atoms with E-state index in [1.165, 1.54) is 24.3 Å². The van der Waals surface area contributed by atoms with Crippen LogP contribution in [0.4, 0.5) is 0 Å². The molecule has 3 heteroatoms. The summed E-state index contributed by atoms with van der Waals surface area (Å²) >= 11 is 1.77. The van der Waals surface area contributed by atoms with E-state index < -0.39 is 0 Å². The summed E-state index contributed by atoms with van der Waals surface area (Å²) in [6, 6.07) is 0.565. The van der Waals surface area contributed by atoms with Gasteiger partial charge < -0.3 is 5.32 Å². The van der Waals surface area contributed by atoms with Crippen molar-refractivity contribution in [2.45, 2.75) is 32.7 Å². The topological polar surface area (TPSA) is 24.9 Å². The smallest absolute Gasteiger partial charge is 0.0794 e. The maximum absolute atomic E-state index is 4.14. The fourth-order valence-electron chi connectivity index (χ4n) is 2.17. The van der Waals surface area contributed by atoms with Crippen molar-refractivity contribution in [3.63, 3.8) is 0 Å². The van der Waals surface area contributed by atoms with Crippen molar-refractivity contribution in [2.75, 3.05) is 6.54 Å². The van der Waals surface area contributed by atoms with Crippen molar-refractivity contribution in [1.29, 1.82) is 0 Å². The Morgan fingerprint density at radius 3 is 2.77 bits per heavy atom. The van der Waals surface area contributed by atoms with E-state index >= 15 is 0 Å². The molecule has 2 heterocycles. The van der Waals surface area contributed by atoms with Crippen molar-refractivity contribution in [2.24, 2.45) is 5.41 Å². The Morgan fingerprint density at radius 1 is 1.62 bits per heavy atom. The quantitative estimate of drug-likeness (QED) is 0.803. The molecule has 1 fully saturated rings. The first kappa shape index (κ1) is 9.16. The fourth-order valence-corrected chi connectivity index (χ4v) is 3.01. The van der Waals surface area contributed by atoms with Crippen molar-refractivity contribution in [3.8, 4) is 0 Å². The van der Waals surface area contributed by atoms with Crippen LogP contribution in [-0.4, -0.2) is 11.5 Å². The number of hydrogen-bond acceptors (Lipinski definition) is 3. The highest BCUT2D eigenvalue weighted by molar-refractivity contribution is 7.09. The number of aromatic nitrogens is 1. The molecule has 13 heavy (non-hydrogen) atoms. The Bertz CT molecular complexity index is 259. The van der Waals surface area contributed by atoms with Crippen molar-refractivity contribution in [3.05, 3.63) is 16.6 Å². The third-order valence-electron chi connectivity index (χ3n) is 3.41. The number of thiazole rings is 1. The van der Waals surface area contributed by atoms with E-state index in [2.05, 4.69) is 24.1 Å². The largest absolute Gasteiger partial charge is 0.308 e. The van der Waals surface area contributed by atoms with Crippen LogP contribution in [0.2, 0.25) is 0 Å². The zero-order valence-electron chi connectivity index (χ0n) is 8.21. The zero-order chi connectivity index (χ0) is 9.31. The molecule has 1 atom stereocenters. The minimum atomic E-state index is 0.506. The van der Waals surface area contributed by atoms with Crippen LogP contribution < -0.4 is 5.32 Å². The third-order valence-corrected chi connectivity index (χ3v) is 4.26. The van der Waals surface area contributed by atoms with E-state index in [0.717, 1.165) is 0 Å². The lowest BCUT2D eigenvalue weighted by atomic mass is 9.69. The summed E-state index contributed by atoms with van der Waals surface area (Å²) in [5.41, 5.74) is 2.43. The summed E-state index contributed by atoms with van der Waals surface area (Å²) in [5.74, 6) is 0. The summed E-state index contributed by atoms with van der Waals surface area (Å²) in [5, 5.41) is 3.51. The summed E-state index contributed by atoms with van der Waals surface area (Å²) in [4.78, 5) is 5.54. The second-order valence-corrected chi connectivity index (χ2v) is 4.71. The Balaban J connectivity index is 2.18. The predicted octanol–water partition coefficient (Wildman–Crippen LogP) is 2.59. The van der Waals surface area contributed by atoms with Crippen molar-refractivity contribution in [1.82, 2.24) is 10.3 Å². The lowest BCUT2D eigenvalue weighted by Crippen LogP contribution is -2.55. The van der Waals surface area contributed by atoms with Gasteiger partial charge in [0.25, 0.3) is 0 Å². The van der Waals surface area contributed by atoms with Crippen LogP contribution in [0, 0.1) is 5.41 Å². The molecule has 1 aliphatic rings. The van der Waals surface area contributed by atoms with Gasteiger partial charge in [0, 0.05) is 29.1 Å². The van der Waals surface area contributed by atoms with E-state index in [4.69, 9.17) is 0 Å². The third kappa shape index (κ3) is 1.30. The summed E-state index contributed by atoms with van der Waals surface area (Å²) < 4.78 is 0. The van der Waals surface area contributed by atoms with Crippen molar-refractivity contribution < 1.29 is 0 Å². The number of nitrogens with one attached hydrogen (secondary N) is 1. The molecule has 1 aliphatic heterocycles. The van der Waals surface area contributed by atoms with Crippen molar-refractivity contribution >= 4 is 11.3 Å². The fraction of sp³-hybridized carbons (Fsp3) is 0.700. The molecule has 0 saturated carbocycles. The van der Waals surface area contributed by atoms with Crippen LogP contribution in [0.5, 0.6) is 0 Å². The van der Waals surface area contributed by atoms with E-state index in [0.29, 0.717) is 11.5 Å².